The van der Waals surface area contributed by atoms with E-state index in [0.29, 0.717) is 0 Å². The van der Waals surface area contributed by atoms with E-state index in [-0.39, 0.29) is 0 Å². The van der Waals surface area contributed by atoms with Crippen molar-refractivity contribution >= 4 is 43.1 Å². The summed E-state index contributed by atoms with van der Waals surface area (Å²) in [5.41, 5.74) is 7.14. The number of nitrogens with zero attached hydrogens (tertiary/aromatic N) is 3. The Morgan fingerprint density at radius 3 is 1.50 bits per heavy atom. The molecule has 3 rings (SSSR count). The van der Waals surface area contributed by atoms with Crippen LogP contribution in [-0.4, -0.2) is 33.2 Å². The SMILES string of the molecule is Cc1cc(N(C)C)cc2[s+]c3cc(N(C)C)cc(C)c3nc12. The van der Waals surface area contributed by atoms with Crippen LogP contribution in [-0.2, 0) is 0 Å². The summed E-state index contributed by atoms with van der Waals surface area (Å²) in [6, 6.07) is 8.88. The van der Waals surface area contributed by atoms with E-state index in [1.165, 1.54) is 31.9 Å². The zero-order valence-electron chi connectivity index (χ0n) is 14.1. The van der Waals surface area contributed by atoms with Crippen LogP contribution >= 0.6 is 11.3 Å². The van der Waals surface area contributed by atoms with Crippen molar-refractivity contribution in [2.45, 2.75) is 13.8 Å². The highest BCUT2D eigenvalue weighted by molar-refractivity contribution is 7.24. The number of fused-ring (bicyclic) bond motifs is 2. The lowest BCUT2D eigenvalue weighted by Gasteiger charge is -2.14. The highest BCUT2D eigenvalue weighted by atomic mass is 32.1. The van der Waals surface area contributed by atoms with Gasteiger partial charge in [-0.15, -0.1) is 0 Å². The molecular weight excluding hydrogens is 290 g/mol. The zero-order chi connectivity index (χ0) is 16.0. The molecule has 2 aromatic carbocycles. The first-order valence-corrected chi connectivity index (χ1v) is 8.22. The lowest BCUT2D eigenvalue weighted by molar-refractivity contribution is 1.13. The Labute approximate surface area is 135 Å². The molecular formula is C18H22N3S+. The van der Waals surface area contributed by atoms with Gasteiger partial charge < -0.3 is 9.80 Å². The monoisotopic (exact) mass is 312 g/mol. The van der Waals surface area contributed by atoms with Crippen LogP contribution in [0.2, 0.25) is 0 Å². The number of aryl methyl sites for hydroxylation is 2. The first-order chi connectivity index (χ1) is 10.4. The normalized spacial score (nSPS) is 11.2. The van der Waals surface area contributed by atoms with Gasteiger partial charge in [0.1, 0.15) is 11.0 Å². The van der Waals surface area contributed by atoms with Crippen LogP contribution in [0.4, 0.5) is 11.4 Å². The quantitative estimate of drug-likeness (QED) is 0.514. The second-order valence-electron chi connectivity index (χ2n) is 6.22. The molecule has 0 fully saturated rings. The highest BCUT2D eigenvalue weighted by Gasteiger charge is 2.18. The van der Waals surface area contributed by atoms with Gasteiger partial charge >= 0.3 is 0 Å². The van der Waals surface area contributed by atoms with Crippen molar-refractivity contribution in [3.8, 4) is 0 Å². The fraction of sp³-hybridized carbons (Fsp3) is 0.333. The summed E-state index contributed by atoms with van der Waals surface area (Å²) < 4.78 is 2.48. The largest absolute Gasteiger partial charge is 0.377 e. The van der Waals surface area contributed by atoms with Crippen molar-refractivity contribution in [1.82, 2.24) is 4.98 Å². The first kappa shape index (κ1) is 15.0. The molecule has 4 heteroatoms. The van der Waals surface area contributed by atoms with Crippen molar-refractivity contribution in [2.75, 3.05) is 38.0 Å². The minimum atomic E-state index is 1.11. The Morgan fingerprint density at radius 1 is 0.727 bits per heavy atom. The summed E-state index contributed by atoms with van der Waals surface area (Å²) in [7, 11) is 8.31. The summed E-state index contributed by atoms with van der Waals surface area (Å²) in [6.07, 6.45) is 0. The van der Waals surface area contributed by atoms with E-state index in [0.717, 1.165) is 11.0 Å². The van der Waals surface area contributed by atoms with Crippen LogP contribution < -0.4 is 9.80 Å². The van der Waals surface area contributed by atoms with Crippen molar-refractivity contribution in [3.05, 3.63) is 35.4 Å². The molecule has 0 radical (unpaired) electrons. The average Bonchev–Trinajstić information content (AvgIpc) is 2.45. The van der Waals surface area contributed by atoms with Crippen LogP contribution in [0.5, 0.6) is 0 Å². The minimum absolute atomic E-state index is 1.11. The van der Waals surface area contributed by atoms with Gasteiger partial charge in [0.2, 0.25) is 11.3 Å². The second kappa shape index (κ2) is 5.36. The molecule has 0 saturated carbocycles. The lowest BCUT2D eigenvalue weighted by atomic mass is 10.1. The molecule has 3 aromatic rings. The van der Waals surface area contributed by atoms with E-state index in [2.05, 4.69) is 76.1 Å². The fourth-order valence-electron chi connectivity index (χ4n) is 2.65. The van der Waals surface area contributed by atoms with E-state index in [4.69, 9.17) is 4.98 Å². The van der Waals surface area contributed by atoms with Gasteiger partial charge in [0.05, 0.1) is 0 Å². The number of benzene rings is 2. The lowest BCUT2D eigenvalue weighted by Crippen LogP contribution is -2.09. The third-order valence-electron chi connectivity index (χ3n) is 3.98. The Hall–Kier alpha value is -1.94. The predicted molar refractivity (Wildman–Crippen MR) is 99.7 cm³/mol. The number of rotatable bonds is 2. The second-order valence-corrected chi connectivity index (χ2v) is 7.31. The van der Waals surface area contributed by atoms with Gasteiger partial charge in [-0.1, -0.05) is 0 Å². The molecule has 0 atom stereocenters. The van der Waals surface area contributed by atoms with Crippen molar-refractivity contribution in [3.63, 3.8) is 0 Å². The summed E-state index contributed by atoms with van der Waals surface area (Å²) in [4.78, 5) is 9.24. The smallest absolute Gasteiger partial charge is 0.259 e. The van der Waals surface area contributed by atoms with Gasteiger partial charge in [-0.3, -0.25) is 0 Å². The molecule has 3 nitrogen and oxygen atoms in total. The highest BCUT2D eigenvalue weighted by Crippen LogP contribution is 2.34. The molecule has 22 heavy (non-hydrogen) atoms. The zero-order valence-corrected chi connectivity index (χ0v) is 14.9. The molecule has 0 amide bonds. The van der Waals surface area contributed by atoms with E-state index in [1.54, 1.807) is 0 Å². The van der Waals surface area contributed by atoms with Gasteiger partial charge in [0.15, 0.2) is 0 Å². The topological polar surface area (TPSA) is 19.4 Å². The molecule has 0 aliphatic rings. The van der Waals surface area contributed by atoms with Crippen LogP contribution in [0.25, 0.3) is 20.4 Å². The van der Waals surface area contributed by atoms with Crippen molar-refractivity contribution in [1.29, 1.82) is 0 Å². The fourth-order valence-corrected chi connectivity index (χ4v) is 3.85. The summed E-state index contributed by atoms with van der Waals surface area (Å²) in [5.74, 6) is 0. The third-order valence-corrected chi connectivity index (χ3v) is 5.04. The van der Waals surface area contributed by atoms with E-state index in [9.17, 15) is 0 Å². The van der Waals surface area contributed by atoms with Crippen molar-refractivity contribution < 1.29 is 0 Å². The van der Waals surface area contributed by atoms with Gasteiger partial charge in [0.25, 0.3) is 9.40 Å². The van der Waals surface area contributed by atoms with Crippen molar-refractivity contribution in [2.24, 2.45) is 0 Å². The van der Waals surface area contributed by atoms with Crippen LogP contribution in [0.3, 0.4) is 0 Å². The molecule has 0 unspecified atom stereocenters. The van der Waals surface area contributed by atoms with Gasteiger partial charge in [0, 0.05) is 51.7 Å². The summed E-state index contributed by atoms with van der Waals surface area (Å²) in [5, 5.41) is 0. The van der Waals surface area contributed by atoms with Crippen LogP contribution in [0, 0.1) is 13.8 Å². The molecule has 0 bridgehead atoms. The summed E-state index contributed by atoms with van der Waals surface area (Å²) >= 11 is 1.83. The van der Waals surface area contributed by atoms with Gasteiger partial charge in [-0.2, -0.15) is 0 Å². The van der Waals surface area contributed by atoms with Gasteiger partial charge in [-0.25, -0.2) is 4.98 Å². The minimum Gasteiger partial charge on any atom is -0.377 e. The third kappa shape index (κ3) is 2.48. The van der Waals surface area contributed by atoms with Crippen LogP contribution in [0.1, 0.15) is 11.1 Å². The van der Waals surface area contributed by atoms with Crippen LogP contribution in [0.15, 0.2) is 24.3 Å². The molecule has 0 saturated heterocycles. The van der Waals surface area contributed by atoms with Gasteiger partial charge in [-0.05, 0) is 37.1 Å². The van der Waals surface area contributed by atoms with E-state index >= 15 is 0 Å². The molecule has 1 heterocycles. The molecule has 0 N–H and O–H groups in total. The maximum absolute atomic E-state index is 4.95. The Morgan fingerprint density at radius 2 is 1.14 bits per heavy atom. The number of hydrogen-bond donors (Lipinski definition) is 0. The maximum Gasteiger partial charge on any atom is 0.259 e. The molecule has 0 spiro atoms. The molecule has 1 aromatic heterocycles. The molecule has 0 aliphatic carbocycles. The predicted octanol–water partition coefficient (Wildman–Crippen LogP) is 4.48. The standard InChI is InChI=1S/C18H22N3S/c1-11-7-13(20(3)4)9-15-17(11)19-18-12(2)8-14(21(5)6)10-16(18)22-15/h7-10H,1-6H3/q+1. The summed E-state index contributed by atoms with van der Waals surface area (Å²) in [6.45, 7) is 4.29. The molecule has 114 valence electrons. The number of hydrogen-bond acceptors (Lipinski definition) is 3. The number of aromatic nitrogens is 1. The Kier molecular flexibility index (Phi) is 3.65. The average molecular weight is 312 g/mol. The molecule has 0 aliphatic heterocycles. The first-order valence-electron chi connectivity index (χ1n) is 7.40. The Bertz CT molecular complexity index is 800. The Balaban J connectivity index is 2.36. The van der Waals surface area contributed by atoms with E-state index in [1.807, 2.05) is 11.3 Å². The van der Waals surface area contributed by atoms with E-state index < -0.39 is 0 Å². The number of anilines is 2. The maximum atomic E-state index is 4.95.